The molecule has 0 fully saturated rings. The maximum atomic E-state index is 12.5. The second kappa shape index (κ2) is 13.6. The predicted octanol–water partition coefficient (Wildman–Crippen LogP) is 2.71. The summed E-state index contributed by atoms with van der Waals surface area (Å²) in [7, 11) is 0. The normalized spacial score (nSPS) is 12.1. The fourth-order valence-corrected chi connectivity index (χ4v) is 3.50. The molecule has 0 unspecified atom stereocenters. The summed E-state index contributed by atoms with van der Waals surface area (Å²) in [5.74, 6) is -2.08. The van der Waals surface area contributed by atoms with Gasteiger partial charge in [-0.2, -0.15) is 0 Å². The van der Waals surface area contributed by atoms with Crippen molar-refractivity contribution in [3.05, 3.63) is 107 Å². The molecule has 0 spiro atoms. The minimum Gasteiger partial charge on any atom is -0.480 e. The topological polar surface area (TPSA) is 142 Å². The number of hydrogen-bond acceptors (Lipinski definition) is 6. The molecule has 4 N–H and O–H groups in total. The van der Waals surface area contributed by atoms with Gasteiger partial charge in [0.05, 0.1) is 12.5 Å². The second-order valence-corrected chi connectivity index (χ2v) is 8.36. The maximum absolute atomic E-state index is 12.5. The summed E-state index contributed by atoms with van der Waals surface area (Å²) < 4.78 is 5.03. The van der Waals surface area contributed by atoms with E-state index in [0.29, 0.717) is 16.7 Å². The van der Waals surface area contributed by atoms with Crippen LogP contribution in [0.2, 0.25) is 0 Å². The minimum absolute atomic E-state index is 0.0129. The summed E-state index contributed by atoms with van der Waals surface area (Å²) in [4.78, 5) is 48.3. The van der Waals surface area contributed by atoms with Gasteiger partial charge in [-0.1, -0.05) is 84.9 Å². The number of carboxylic acids is 1. The number of carbonyl (C=O) groups is 4. The smallest absolute Gasteiger partial charge is 0.407 e. The fraction of sp³-hybridized carbons (Fsp3) is 0.214. The van der Waals surface area contributed by atoms with Crippen LogP contribution in [0, 0.1) is 0 Å². The lowest BCUT2D eigenvalue weighted by Crippen LogP contribution is -2.44. The van der Waals surface area contributed by atoms with Crippen LogP contribution in [0.4, 0.5) is 4.79 Å². The average Bonchev–Trinajstić information content (AvgIpc) is 2.91. The molecule has 2 amide bonds. The first-order valence-electron chi connectivity index (χ1n) is 11.7. The number of ether oxygens (including phenoxy) is 1. The van der Waals surface area contributed by atoms with E-state index in [0.717, 1.165) is 5.56 Å². The van der Waals surface area contributed by atoms with Crippen molar-refractivity contribution in [3.63, 3.8) is 0 Å². The number of aliphatic hydroxyl groups excluding tert-OH is 1. The minimum atomic E-state index is -1.24. The highest BCUT2D eigenvalue weighted by Gasteiger charge is 2.22. The Labute approximate surface area is 214 Å². The van der Waals surface area contributed by atoms with Gasteiger partial charge in [0.15, 0.2) is 5.78 Å². The zero-order chi connectivity index (χ0) is 26.6. The first-order valence-corrected chi connectivity index (χ1v) is 11.7. The number of carboxylic acid groups (broad SMARTS) is 1. The molecule has 0 saturated carbocycles. The highest BCUT2D eigenvalue weighted by atomic mass is 16.5. The van der Waals surface area contributed by atoms with Gasteiger partial charge in [0.2, 0.25) is 5.91 Å². The summed E-state index contributed by atoms with van der Waals surface area (Å²) in [6.07, 6.45) is -2.41. The Hall–Kier alpha value is -4.50. The Morgan fingerprint density at radius 2 is 1.38 bits per heavy atom. The standard InChI is InChI=1S/C28H28N2O7/c31-23(17-29-28(36)37-18-20-7-3-1-4-8-20)16-25(32)30-24(27(34)35)15-19-11-13-22(14-12-19)26(33)21-9-5-2-6-10-21/h1-14,23-24,31H,15-18H2,(H,29,36)(H,30,32)(H,34,35)/t23-,24+/m1/s1. The van der Waals surface area contributed by atoms with Crippen molar-refractivity contribution in [1.82, 2.24) is 10.6 Å². The number of nitrogens with one attached hydrogen (secondary N) is 2. The summed E-state index contributed by atoms with van der Waals surface area (Å²) in [6.45, 7) is -0.180. The van der Waals surface area contributed by atoms with Gasteiger partial charge >= 0.3 is 12.1 Å². The molecule has 0 aliphatic heterocycles. The van der Waals surface area contributed by atoms with Gasteiger partial charge in [0, 0.05) is 24.1 Å². The van der Waals surface area contributed by atoms with E-state index in [1.807, 2.05) is 24.3 Å². The molecule has 3 rings (SSSR count). The van der Waals surface area contributed by atoms with Crippen molar-refractivity contribution in [2.24, 2.45) is 0 Å². The van der Waals surface area contributed by atoms with Gasteiger partial charge in [-0.15, -0.1) is 0 Å². The molecule has 0 saturated heterocycles. The molecular formula is C28H28N2O7. The van der Waals surface area contributed by atoms with Crippen molar-refractivity contribution >= 4 is 23.8 Å². The lowest BCUT2D eigenvalue weighted by Gasteiger charge is -2.17. The van der Waals surface area contributed by atoms with Gasteiger partial charge in [0.1, 0.15) is 12.6 Å². The van der Waals surface area contributed by atoms with Gasteiger partial charge < -0.3 is 25.6 Å². The van der Waals surface area contributed by atoms with Gasteiger partial charge in [0.25, 0.3) is 0 Å². The van der Waals surface area contributed by atoms with Crippen molar-refractivity contribution in [3.8, 4) is 0 Å². The number of amides is 2. The van der Waals surface area contributed by atoms with Crippen LogP contribution in [0.5, 0.6) is 0 Å². The van der Waals surface area contributed by atoms with E-state index in [4.69, 9.17) is 4.74 Å². The average molecular weight is 505 g/mol. The van der Waals surface area contributed by atoms with Crippen LogP contribution in [0.1, 0.15) is 33.5 Å². The van der Waals surface area contributed by atoms with Crippen LogP contribution in [0.25, 0.3) is 0 Å². The van der Waals surface area contributed by atoms with E-state index in [1.165, 1.54) is 0 Å². The third kappa shape index (κ3) is 8.90. The van der Waals surface area contributed by atoms with E-state index >= 15 is 0 Å². The Morgan fingerprint density at radius 1 is 0.784 bits per heavy atom. The van der Waals surface area contributed by atoms with Crippen LogP contribution < -0.4 is 10.6 Å². The second-order valence-electron chi connectivity index (χ2n) is 8.36. The first kappa shape index (κ1) is 27.1. The van der Waals surface area contributed by atoms with Crippen molar-refractivity contribution in [2.45, 2.75) is 31.6 Å². The number of ketones is 1. The maximum Gasteiger partial charge on any atom is 0.407 e. The zero-order valence-corrected chi connectivity index (χ0v) is 20.0. The Kier molecular flexibility index (Phi) is 9.92. The fourth-order valence-electron chi connectivity index (χ4n) is 3.50. The van der Waals surface area contributed by atoms with E-state index < -0.39 is 36.5 Å². The Bertz CT molecular complexity index is 1200. The number of benzene rings is 3. The van der Waals surface area contributed by atoms with Gasteiger partial charge in [-0.25, -0.2) is 9.59 Å². The van der Waals surface area contributed by atoms with Crippen molar-refractivity contribution in [2.75, 3.05) is 6.54 Å². The van der Waals surface area contributed by atoms with Crippen LogP contribution in [-0.2, 0) is 27.4 Å². The third-order valence-corrected chi connectivity index (χ3v) is 5.44. The molecule has 9 heteroatoms. The van der Waals surface area contributed by atoms with Crippen molar-refractivity contribution < 1.29 is 34.1 Å². The lowest BCUT2D eigenvalue weighted by molar-refractivity contribution is -0.142. The molecule has 3 aromatic carbocycles. The molecule has 0 aliphatic carbocycles. The predicted molar refractivity (Wildman–Crippen MR) is 135 cm³/mol. The molecular weight excluding hydrogens is 476 g/mol. The lowest BCUT2D eigenvalue weighted by atomic mass is 9.99. The molecule has 9 nitrogen and oxygen atoms in total. The van der Waals surface area contributed by atoms with Gasteiger partial charge in [-0.3, -0.25) is 9.59 Å². The van der Waals surface area contributed by atoms with E-state index in [2.05, 4.69) is 10.6 Å². The molecule has 0 radical (unpaired) electrons. The molecule has 2 atom stereocenters. The molecule has 0 aromatic heterocycles. The SMILES string of the molecule is O=C(C[C@@H](O)CNC(=O)OCc1ccccc1)N[C@@H](Cc1ccc(C(=O)c2ccccc2)cc1)C(=O)O. The molecule has 0 heterocycles. The van der Waals surface area contributed by atoms with E-state index in [9.17, 15) is 29.4 Å². The molecule has 3 aromatic rings. The zero-order valence-electron chi connectivity index (χ0n) is 20.0. The number of carbonyl (C=O) groups excluding carboxylic acids is 3. The Balaban J connectivity index is 1.44. The monoisotopic (exact) mass is 504 g/mol. The highest BCUT2D eigenvalue weighted by Crippen LogP contribution is 2.13. The van der Waals surface area contributed by atoms with E-state index in [-0.39, 0.29) is 25.4 Å². The largest absolute Gasteiger partial charge is 0.480 e. The molecule has 192 valence electrons. The molecule has 0 bridgehead atoms. The Morgan fingerprint density at radius 3 is 2.00 bits per heavy atom. The van der Waals surface area contributed by atoms with Crippen LogP contribution in [0.15, 0.2) is 84.9 Å². The first-order chi connectivity index (χ1) is 17.8. The quantitative estimate of drug-likeness (QED) is 0.278. The summed E-state index contributed by atoms with van der Waals surface area (Å²) in [6, 6.07) is 23.1. The van der Waals surface area contributed by atoms with Crippen LogP contribution in [-0.4, -0.2) is 52.7 Å². The third-order valence-electron chi connectivity index (χ3n) is 5.44. The number of hydrogen-bond donors (Lipinski definition) is 4. The number of alkyl carbamates (subject to hydrolysis) is 1. The number of aliphatic hydroxyl groups is 1. The summed E-state index contributed by atoms with van der Waals surface area (Å²) >= 11 is 0. The number of aliphatic carboxylic acids is 1. The summed E-state index contributed by atoms with van der Waals surface area (Å²) in [5, 5.41) is 24.3. The van der Waals surface area contributed by atoms with Gasteiger partial charge in [-0.05, 0) is 11.1 Å². The van der Waals surface area contributed by atoms with Crippen molar-refractivity contribution in [1.29, 1.82) is 0 Å². The molecule has 0 aliphatic rings. The highest BCUT2D eigenvalue weighted by molar-refractivity contribution is 6.08. The van der Waals surface area contributed by atoms with Crippen LogP contribution >= 0.6 is 0 Å². The number of rotatable bonds is 12. The van der Waals surface area contributed by atoms with E-state index in [1.54, 1.807) is 60.7 Å². The van der Waals surface area contributed by atoms with Crippen LogP contribution in [0.3, 0.4) is 0 Å². The molecule has 37 heavy (non-hydrogen) atoms. The summed E-state index contributed by atoms with van der Waals surface area (Å²) in [5.41, 5.74) is 2.42.